The van der Waals surface area contributed by atoms with Crippen LogP contribution in [0, 0.1) is 11.8 Å². The van der Waals surface area contributed by atoms with Gasteiger partial charge in [-0.15, -0.1) is 0 Å². The van der Waals surface area contributed by atoms with Gasteiger partial charge in [-0.3, -0.25) is 0 Å². The Bertz CT molecular complexity index is 554. The van der Waals surface area contributed by atoms with Gasteiger partial charge in [0.15, 0.2) is 0 Å². The van der Waals surface area contributed by atoms with Crippen molar-refractivity contribution in [3.63, 3.8) is 0 Å². The topological polar surface area (TPSA) is 17.8 Å². The van der Waals surface area contributed by atoms with Crippen molar-refractivity contribution < 1.29 is 2.85 Å². The van der Waals surface area contributed by atoms with Crippen LogP contribution >= 0.6 is 0 Å². The van der Waals surface area contributed by atoms with Crippen molar-refractivity contribution in [1.82, 2.24) is 9.55 Å². The molecule has 0 aliphatic carbocycles. The van der Waals surface area contributed by atoms with E-state index in [4.69, 9.17) is 0 Å². The number of aromatic nitrogens is 2. The van der Waals surface area contributed by atoms with E-state index in [9.17, 15) is 0 Å². The first-order valence-electron chi connectivity index (χ1n) is 9.28. The molecule has 0 amide bonds. The number of hydrogen-bond donors (Lipinski definition) is 0. The molecule has 0 saturated carbocycles. The van der Waals surface area contributed by atoms with Crippen molar-refractivity contribution in [3.05, 3.63) is 30.1 Å². The molecule has 3 heteroatoms. The maximum absolute atomic E-state index is 4.57. The molecule has 0 aliphatic rings. The molecule has 147 valence electrons. The van der Waals surface area contributed by atoms with Gasteiger partial charge in [-0.1, -0.05) is 81.4 Å². The molecule has 0 saturated heterocycles. The summed E-state index contributed by atoms with van der Waals surface area (Å²) < 4.78 is 2.17. The van der Waals surface area contributed by atoms with E-state index in [0.29, 0.717) is 5.92 Å². The molecular formula is C22H46BN2. The smallest absolute Gasteiger partial charge is 0.112 e. The van der Waals surface area contributed by atoms with Gasteiger partial charge in [0.1, 0.15) is 5.82 Å². The van der Waals surface area contributed by atoms with Crippen LogP contribution in [-0.2, 0) is 7.05 Å². The van der Waals surface area contributed by atoms with Crippen LogP contribution in [0.2, 0.25) is 0 Å². The molecule has 0 spiro atoms. The molecule has 2 rings (SSSR count). The van der Waals surface area contributed by atoms with Crippen LogP contribution < -0.4 is 0 Å². The SMILES string of the molecule is C.CC.CC(C)c1nc2ccccc2n1C.CCC(C)CC(C)C.[2HH].[2HH].[B]. The summed E-state index contributed by atoms with van der Waals surface area (Å²) in [6.07, 6.45) is 2.72. The average Bonchev–Trinajstić information content (AvgIpc) is 2.87. The van der Waals surface area contributed by atoms with Crippen LogP contribution in [0.15, 0.2) is 24.3 Å². The van der Waals surface area contributed by atoms with Crippen molar-refractivity contribution in [1.29, 1.82) is 0 Å². The molecule has 0 N–H and O–H groups in total. The number of aryl methyl sites for hydroxylation is 1. The minimum atomic E-state index is 0. The summed E-state index contributed by atoms with van der Waals surface area (Å²) in [7, 11) is 2.07. The minimum absolute atomic E-state index is 0. The van der Waals surface area contributed by atoms with E-state index in [1.54, 1.807) is 0 Å². The molecular weight excluding hydrogens is 303 g/mol. The first kappa shape index (κ1) is 28.6. The number of fused-ring (bicyclic) bond motifs is 1. The van der Waals surface area contributed by atoms with E-state index in [1.807, 2.05) is 26.0 Å². The zero-order valence-electron chi connectivity index (χ0n) is 17.4. The van der Waals surface area contributed by atoms with E-state index in [0.717, 1.165) is 23.2 Å². The summed E-state index contributed by atoms with van der Waals surface area (Å²) >= 11 is 0. The Kier molecular flexibility index (Phi) is 17.2. The lowest BCUT2D eigenvalue weighted by Crippen LogP contribution is -1.99. The Morgan fingerprint density at radius 3 is 1.92 bits per heavy atom. The van der Waals surface area contributed by atoms with Crippen LogP contribution in [0.4, 0.5) is 0 Å². The summed E-state index contributed by atoms with van der Waals surface area (Å²) in [5.41, 5.74) is 2.31. The van der Waals surface area contributed by atoms with Crippen molar-refractivity contribution in [2.45, 2.75) is 81.6 Å². The van der Waals surface area contributed by atoms with Gasteiger partial charge in [0.05, 0.1) is 11.0 Å². The van der Waals surface area contributed by atoms with E-state index >= 15 is 0 Å². The molecule has 1 heterocycles. The number of para-hydroxylation sites is 2. The molecule has 1 aromatic carbocycles. The van der Waals surface area contributed by atoms with Crippen LogP contribution in [0.25, 0.3) is 11.0 Å². The fourth-order valence-corrected chi connectivity index (χ4v) is 2.65. The van der Waals surface area contributed by atoms with Gasteiger partial charge in [0.2, 0.25) is 0 Å². The molecule has 3 radical (unpaired) electrons. The number of nitrogens with zero attached hydrogens (tertiary/aromatic N) is 2. The van der Waals surface area contributed by atoms with Crippen molar-refractivity contribution in [2.75, 3.05) is 0 Å². The molecule has 0 fully saturated rings. The van der Waals surface area contributed by atoms with Crippen molar-refractivity contribution in [3.8, 4) is 0 Å². The summed E-state index contributed by atoms with van der Waals surface area (Å²) in [5, 5.41) is 0. The van der Waals surface area contributed by atoms with E-state index in [2.05, 4.69) is 70.3 Å². The summed E-state index contributed by atoms with van der Waals surface area (Å²) in [5.74, 6) is 3.44. The monoisotopic (exact) mass is 351 g/mol. The first-order chi connectivity index (χ1) is 10.9. The first-order valence-corrected chi connectivity index (χ1v) is 9.28. The Morgan fingerprint density at radius 2 is 1.56 bits per heavy atom. The third-order valence-corrected chi connectivity index (χ3v) is 3.91. The van der Waals surface area contributed by atoms with Gasteiger partial charge in [-0.05, 0) is 30.4 Å². The van der Waals surface area contributed by atoms with Crippen LogP contribution in [0.3, 0.4) is 0 Å². The number of imidazole rings is 1. The molecule has 1 unspecified atom stereocenters. The van der Waals surface area contributed by atoms with Gasteiger partial charge in [-0.2, -0.15) is 0 Å². The van der Waals surface area contributed by atoms with Gasteiger partial charge < -0.3 is 4.57 Å². The van der Waals surface area contributed by atoms with Gasteiger partial charge in [-0.25, -0.2) is 4.98 Å². The fourth-order valence-electron chi connectivity index (χ4n) is 2.65. The van der Waals surface area contributed by atoms with Gasteiger partial charge in [0.25, 0.3) is 0 Å². The highest BCUT2D eigenvalue weighted by Crippen LogP contribution is 2.19. The Balaban J connectivity index is -0.000000103. The second kappa shape index (κ2) is 15.0. The lowest BCUT2D eigenvalue weighted by molar-refractivity contribution is 0.429. The minimum Gasteiger partial charge on any atom is -0.331 e. The lowest BCUT2D eigenvalue weighted by atomic mass is 9.97. The molecule has 0 aliphatic heterocycles. The predicted molar refractivity (Wildman–Crippen MR) is 122 cm³/mol. The van der Waals surface area contributed by atoms with Crippen LogP contribution in [-0.4, -0.2) is 18.0 Å². The maximum atomic E-state index is 4.57. The zero-order chi connectivity index (χ0) is 18.0. The predicted octanol–water partition coefficient (Wildman–Crippen LogP) is 7.55. The average molecular weight is 351 g/mol. The van der Waals surface area contributed by atoms with Gasteiger partial charge in [0, 0.05) is 24.2 Å². The number of benzene rings is 1. The van der Waals surface area contributed by atoms with E-state index in [1.165, 1.54) is 18.4 Å². The molecule has 0 bridgehead atoms. The molecule has 25 heavy (non-hydrogen) atoms. The molecule has 1 atom stereocenters. The number of rotatable bonds is 4. The maximum Gasteiger partial charge on any atom is 0.112 e. The van der Waals surface area contributed by atoms with E-state index in [-0.39, 0.29) is 18.7 Å². The zero-order valence-corrected chi connectivity index (χ0v) is 17.4. The highest BCUT2D eigenvalue weighted by atomic mass is 15.1. The Labute approximate surface area is 163 Å². The summed E-state index contributed by atoms with van der Waals surface area (Å²) in [4.78, 5) is 4.57. The number of hydrogen-bond acceptors (Lipinski definition) is 1. The molecule has 2 aromatic rings. The van der Waals surface area contributed by atoms with Crippen molar-refractivity contribution in [2.24, 2.45) is 18.9 Å². The highest BCUT2D eigenvalue weighted by Gasteiger charge is 2.09. The normalized spacial score (nSPS) is 10.8. The van der Waals surface area contributed by atoms with Crippen molar-refractivity contribution >= 4 is 19.4 Å². The Hall–Kier alpha value is -1.25. The standard InChI is InChI=1S/C11H14N2.C8H18.C2H6.CH4.B.2H2/c1-8(2)11-12-9-6-4-5-7-10(9)13(11)3;1-5-8(4)6-7(2)3;1-2;;;;/h4-8H,1-3H3;7-8H,5-6H2,1-4H3;1-2H3;1H4;;2*1H/i;;;;;2*1+1. The molecule has 2 nitrogen and oxygen atoms in total. The summed E-state index contributed by atoms with van der Waals surface area (Å²) in [6, 6.07) is 8.24. The second-order valence-corrected chi connectivity index (χ2v) is 6.82. The van der Waals surface area contributed by atoms with Gasteiger partial charge >= 0.3 is 0 Å². The Morgan fingerprint density at radius 1 is 1.04 bits per heavy atom. The lowest BCUT2D eigenvalue weighted by Gasteiger charge is -2.09. The van der Waals surface area contributed by atoms with Crippen LogP contribution in [0.1, 0.15) is 90.3 Å². The largest absolute Gasteiger partial charge is 0.331 e. The summed E-state index contributed by atoms with van der Waals surface area (Å²) in [6.45, 7) is 17.5. The second-order valence-electron chi connectivity index (χ2n) is 6.82. The van der Waals surface area contributed by atoms with E-state index < -0.39 is 0 Å². The third kappa shape index (κ3) is 9.72. The third-order valence-electron chi connectivity index (χ3n) is 3.91. The fraction of sp³-hybridized carbons (Fsp3) is 0.682. The molecule has 1 aromatic heterocycles. The quantitative estimate of drug-likeness (QED) is 0.520. The van der Waals surface area contributed by atoms with Crippen LogP contribution in [0.5, 0.6) is 0 Å². The highest BCUT2D eigenvalue weighted by molar-refractivity contribution is 5.76.